The number of hydrogen-bond acceptors (Lipinski definition) is 3. The lowest BCUT2D eigenvalue weighted by molar-refractivity contribution is -0.116. The predicted octanol–water partition coefficient (Wildman–Crippen LogP) is 4.24. The zero-order valence-corrected chi connectivity index (χ0v) is 17.1. The van der Waals surface area contributed by atoms with E-state index in [4.69, 9.17) is 11.6 Å². The van der Waals surface area contributed by atoms with E-state index in [0.29, 0.717) is 22.4 Å². The third-order valence-corrected chi connectivity index (χ3v) is 5.22. The molecule has 6 nitrogen and oxygen atoms in total. The van der Waals surface area contributed by atoms with E-state index in [1.54, 1.807) is 18.3 Å². The van der Waals surface area contributed by atoms with Crippen molar-refractivity contribution in [2.75, 3.05) is 5.32 Å². The Labute approximate surface area is 176 Å². The average Bonchev–Trinajstić information content (AvgIpc) is 2.99. The van der Waals surface area contributed by atoms with Gasteiger partial charge in [0, 0.05) is 11.9 Å². The molecular formula is C22H18ClFN4O2. The first-order valence-electron chi connectivity index (χ1n) is 9.24. The molecule has 2 aromatic heterocycles. The molecule has 0 spiro atoms. The van der Waals surface area contributed by atoms with Crippen LogP contribution < -0.4 is 10.9 Å². The van der Waals surface area contributed by atoms with Crippen molar-refractivity contribution in [3.05, 3.63) is 87.0 Å². The van der Waals surface area contributed by atoms with Gasteiger partial charge in [-0.1, -0.05) is 17.7 Å². The van der Waals surface area contributed by atoms with Crippen molar-refractivity contribution < 1.29 is 9.18 Å². The molecule has 0 bridgehead atoms. The second-order valence-corrected chi connectivity index (χ2v) is 7.40. The molecule has 0 saturated heterocycles. The molecule has 1 N–H and O–H groups in total. The SMILES string of the molecule is Cc1ccc(-n2c(=O)c3cccnc3n2CC(=O)Nc2ccc(F)c(Cl)c2)cc1C. The number of carbonyl (C=O) groups excluding carboxylic acids is 1. The number of aryl methyl sites for hydroxylation is 2. The molecule has 1 amide bonds. The van der Waals surface area contributed by atoms with Crippen LogP contribution in [0.1, 0.15) is 11.1 Å². The van der Waals surface area contributed by atoms with Gasteiger partial charge in [0.2, 0.25) is 5.91 Å². The number of carbonyl (C=O) groups is 1. The van der Waals surface area contributed by atoms with Crippen molar-refractivity contribution in [1.82, 2.24) is 14.3 Å². The quantitative estimate of drug-likeness (QED) is 0.533. The summed E-state index contributed by atoms with van der Waals surface area (Å²) in [6, 6.07) is 12.9. The van der Waals surface area contributed by atoms with Crippen LogP contribution in [0.3, 0.4) is 0 Å². The maximum Gasteiger partial charge on any atom is 0.280 e. The lowest BCUT2D eigenvalue weighted by Crippen LogP contribution is -2.27. The number of pyridine rings is 1. The van der Waals surface area contributed by atoms with Crippen LogP contribution in [0.4, 0.5) is 10.1 Å². The summed E-state index contributed by atoms with van der Waals surface area (Å²) in [4.78, 5) is 30.1. The van der Waals surface area contributed by atoms with Crippen molar-refractivity contribution in [2.45, 2.75) is 20.4 Å². The number of hydrogen-bond donors (Lipinski definition) is 1. The van der Waals surface area contributed by atoms with E-state index in [-0.39, 0.29) is 17.1 Å². The lowest BCUT2D eigenvalue weighted by atomic mass is 10.1. The summed E-state index contributed by atoms with van der Waals surface area (Å²) in [5.41, 5.74) is 3.25. The number of nitrogens with zero attached hydrogens (tertiary/aromatic N) is 3. The highest BCUT2D eigenvalue weighted by Crippen LogP contribution is 2.20. The topological polar surface area (TPSA) is 68.9 Å². The van der Waals surface area contributed by atoms with E-state index in [0.717, 1.165) is 11.1 Å². The van der Waals surface area contributed by atoms with Crippen molar-refractivity contribution in [1.29, 1.82) is 0 Å². The van der Waals surface area contributed by atoms with Gasteiger partial charge in [-0.15, -0.1) is 0 Å². The van der Waals surface area contributed by atoms with Gasteiger partial charge >= 0.3 is 0 Å². The fourth-order valence-electron chi connectivity index (χ4n) is 3.26. The number of halogens is 2. The monoisotopic (exact) mass is 424 g/mol. The number of rotatable bonds is 4. The van der Waals surface area contributed by atoms with Gasteiger partial charge in [0.25, 0.3) is 5.56 Å². The van der Waals surface area contributed by atoms with E-state index < -0.39 is 11.7 Å². The molecule has 4 aromatic rings. The minimum Gasteiger partial charge on any atom is -0.324 e. The third kappa shape index (κ3) is 3.59. The summed E-state index contributed by atoms with van der Waals surface area (Å²) < 4.78 is 16.3. The van der Waals surface area contributed by atoms with Crippen LogP contribution in [-0.2, 0) is 11.3 Å². The van der Waals surface area contributed by atoms with Gasteiger partial charge in [-0.25, -0.2) is 14.1 Å². The molecule has 0 aliphatic carbocycles. The van der Waals surface area contributed by atoms with Crippen LogP contribution in [0.15, 0.2) is 59.5 Å². The van der Waals surface area contributed by atoms with Gasteiger partial charge < -0.3 is 5.32 Å². The molecule has 2 aromatic carbocycles. The summed E-state index contributed by atoms with van der Waals surface area (Å²) in [7, 11) is 0. The second-order valence-electron chi connectivity index (χ2n) is 6.99. The summed E-state index contributed by atoms with van der Waals surface area (Å²) in [6.07, 6.45) is 1.57. The van der Waals surface area contributed by atoms with Gasteiger partial charge in [0.15, 0.2) is 5.65 Å². The van der Waals surface area contributed by atoms with Crippen LogP contribution in [0.2, 0.25) is 5.02 Å². The van der Waals surface area contributed by atoms with Crippen LogP contribution >= 0.6 is 11.6 Å². The zero-order valence-electron chi connectivity index (χ0n) is 16.3. The highest BCUT2D eigenvalue weighted by atomic mass is 35.5. The molecule has 0 atom stereocenters. The standard InChI is InChI=1S/C22H18ClFN4O2/c1-13-5-7-16(10-14(13)2)28-22(30)17-4-3-9-25-21(17)27(28)12-20(29)26-15-6-8-19(24)18(23)11-15/h3-11H,12H2,1-2H3,(H,26,29). The molecule has 0 fully saturated rings. The molecule has 152 valence electrons. The van der Waals surface area contributed by atoms with Crippen LogP contribution in [0, 0.1) is 19.7 Å². The maximum absolute atomic E-state index is 13.4. The molecule has 2 heterocycles. The fourth-order valence-corrected chi connectivity index (χ4v) is 3.44. The molecule has 0 aliphatic heterocycles. The highest BCUT2D eigenvalue weighted by molar-refractivity contribution is 6.31. The summed E-state index contributed by atoms with van der Waals surface area (Å²) in [6.45, 7) is 3.78. The Kier molecular flexibility index (Phi) is 5.13. The number of benzene rings is 2. The van der Waals surface area contributed by atoms with Crippen molar-refractivity contribution in [2.24, 2.45) is 0 Å². The average molecular weight is 425 g/mol. The van der Waals surface area contributed by atoms with E-state index in [9.17, 15) is 14.0 Å². The Hall–Kier alpha value is -3.45. The Morgan fingerprint density at radius 2 is 1.93 bits per heavy atom. The van der Waals surface area contributed by atoms with Crippen LogP contribution in [0.25, 0.3) is 16.7 Å². The fraction of sp³-hybridized carbons (Fsp3) is 0.136. The first-order valence-corrected chi connectivity index (χ1v) is 9.62. The smallest absolute Gasteiger partial charge is 0.280 e. The number of fused-ring (bicyclic) bond motifs is 1. The van der Waals surface area contributed by atoms with E-state index in [2.05, 4.69) is 10.3 Å². The summed E-state index contributed by atoms with van der Waals surface area (Å²) in [5, 5.41) is 3.00. The Morgan fingerprint density at radius 1 is 1.13 bits per heavy atom. The minimum atomic E-state index is -0.571. The molecule has 0 radical (unpaired) electrons. The Bertz CT molecular complexity index is 1340. The Balaban J connectivity index is 1.77. The number of nitrogens with one attached hydrogen (secondary N) is 1. The van der Waals surface area contributed by atoms with E-state index in [1.807, 2.05) is 32.0 Å². The lowest BCUT2D eigenvalue weighted by Gasteiger charge is -2.14. The summed E-state index contributed by atoms with van der Waals surface area (Å²) >= 11 is 5.78. The minimum absolute atomic E-state index is 0.0899. The highest BCUT2D eigenvalue weighted by Gasteiger charge is 2.18. The predicted molar refractivity (Wildman–Crippen MR) is 115 cm³/mol. The number of anilines is 1. The molecule has 4 rings (SSSR count). The van der Waals surface area contributed by atoms with Crippen molar-refractivity contribution >= 4 is 34.2 Å². The largest absolute Gasteiger partial charge is 0.324 e. The molecular weight excluding hydrogens is 407 g/mol. The number of amides is 1. The van der Waals surface area contributed by atoms with Gasteiger partial charge in [0.05, 0.1) is 16.1 Å². The van der Waals surface area contributed by atoms with E-state index in [1.165, 1.54) is 27.6 Å². The van der Waals surface area contributed by atoms with Gasteiger partial charge in [0.1, 0.15) is 12.4 Å². The first-order chi connectivity index (χ1) is 14.3. The molecule has 0 saturated carbocycles. The van der Waals surface area contributed by atoms with Gasteiger partial charge in [-0.2, -0.15) is 0 Å². The van der Waals surface area contributed by atoms with Crippen LogP contribution in [0.5, 0.6) is 0 Å². The van der Waals surface area contributed by atoms with Crippen molar-refractivity contribution in [3.8, 4) is 5.69 Å². The van der Waals surface area contributed by atoms with Gasteiger partial charge in [-0.3, -0.25) is 14.3 Å². The van der Waals surface area contributed by atoms with E-state index >= 15 is 0 Å². The summed E-state index contributed by atoms with van der Waals surface area (Å²) in [5.74, 6) is -0.975. The number of aromatic nitrogens is 3. The normalized spacial score (nSPS) is 11.1. The molecule has 30 heavy (non-hydrogen) atoms. The molecule has 0 unspecified atom stereocenters. The van der Waals surface area contributed by atoms with Crippen molar-refractivity contribution in [3.63, 3.8) is 0 Å². The zero-order chi connectivity index (χ0) is 21.4. The van der Waals surface area contributed by atoms with Crippen LogP contribution in [-0.4, -0.2) is 20.3 Å². The van der Waals surface area contributed by atoms with Gasteiger partial charge in [-0.05, 0) is 67.4 Å². The first kappa shape index (κ1) is 19.8. The third-order valence-electron chi connectivity index (χ3n) is 4.93. The maximum atomic E-state index is 13.4. The molecule has 0 aliphatic rings. The molecule has 8 heteroatoms. The Morgan fingerprint density at radius 3 is 2.67 bits per heavy atom. The second kappa shape index (κ2) is 7.76.